The maximum Gasteiger partial charge on any atom is 0.323 e. The van der Waals surface area contributed by atoms with Crippen molar-refractivity contribution in [2.45, 2.75) is 18.9 Å². The molecule has 0 saturated heterocycles. The van der Waals surface area contributed by atoms with Crippen molar-refractivity contribution in [1.82, 2.24) is 0 Å². The Morgan fingerprint density at radius 3 is 2.74 bits per heavy atom. The lowest BCUT2D eigenvalue weighted by Gasteiger charge is -2.18. The molecule has 0 aliphatic heterocycles. The smallest absolute Gasteiger partial charge is 0.323 e. The molecule has 19 heavy (non-hydrogen) atoms. The Morgan fingerprint density at radius 2 is 2.26 bits per heavy atom. The zero-order chi connectivity index (χ0) is 14.6. The molecule has 0 aliphatic rings. The number of carboxylic acid groups (broad SMARTS) is 1. The minimum Gasteiger partial charge on any atom is -0.493 e. The van der Waals surface area contributed by atoms with E-state index in [4.69, 9.17) is 15.6 Å². The van der Waals surface area contributed by atoms with E-state index in [0.717, 1.165) is 12.1 Å². The molecule has 3 N–H and O–H groups in total. The Labute approximate surface area is 107 Å². The van der Waals surface area contributed by atoms with Crippen LogP contribution in [-0.4, -0.2) is 28.1 Å². The molecule has 1 atom stereocenters. The molecule has 0 amide bonds. The zero-order valence-electron chi connectivity index (χ0n) is 10.1. The SMILES string of the molecule is CC(N)(CCOc1ccc([N+](=O)[O-])c(F)c1)C(=O)O. The molecular weight excluding hydrogens is 259 g/mol. The summed E-state index contributed by atoms with van der Waals surface area (Å²) in [6, 6.07) is 3.08. The molecule has 0 aliphatic carbocycles. The van der Waals surface area contributed by atoms with E-state index in [1.54, 1.807) is 0 Å². The molecule has 0 saturated carbocycles. The van der Waals surface area contributed by atoms with Gasteiger partial charge in [-0.3, -0.25) is 14.9 Å². The first kappa shape index (κ1) is 14.8. The van der Waals surface area contributed by atoms with E-state index in [9.17, 15) is 19.3 Å². The molecule has 0 radical (unpaired) electrons. The Morgan fingerprint density at radius 1 is 1.63 bits per heavy atom. The monoisotopic (exact) mass is 272 g/mol. The third kappa shape index (κ3) is 3.88. The Bertz CT molecular complexity index is 504. The predicted molar refractivity (Wildman–Crippen MR) is 63.4 cm³/mol. The van der Waals surface area contributed by atoms with Crippen LogP contribution in [0.5, 0.6) is 5.75 Å². The molecule has 0 fully saturated rings. The number of benzene rings is 1. The molecule has 0 spiro atoms. The number of nitrogens with zero attached hydrogens (tertiary/aromatic N) is 1. The molecule has 1 aromatic carbocycles. The van der Waals surface area contributed by atoms with E-state index >= 15 is 0 Å². The van der Waals surface area contributed by atoms with Gasteiger partial charge in [-0.2, -0.15) is 4.39 Å². The topological polar surface area (TPSA) is 116 Å². The van der Waals surface area contributed by atoms with Gasteiger partial charge >= 0.3 is 11.7 Å². The summed E-state index contributed by atoms with van der Waals surface area (Å²) in [4.78, 5) is 20.3. The number of nitro benzene ring substituents is 1. The maximum absolute atomic E-state index is 13.2. The average molecular weight is 272 g/mol. The lowest BCUT2D eigenvalue weighted by molar-refractivity contribution is -0.387. The van der Waals surface area contributed by atoms with Gasteiger partial charge in [0.1, 0.15) is 11.3 Å². The van der Waals surface area contributed by atoms with Gasteiger partial charge in [0.2, 0.25) is 5.82 Å². The van der Waals surface area contributed by atoms with Gasteiger partial charge < -0.3 is 15.6 Å². The second kappa shape index (κ2) is 5.61. The van der Waals surface area contributed by atoms with Gasteiger partial charge in [0.05, 0.1) is 11.5 Å². The van der Waals surface area contributed by atoms with Gasteiger partial charge in [0.25, 0.3) is 0 Å². The van der Waals surface area contributed by atoms with Crippen molar-refractivity contribution in [1.29, 1.82) is 0 Å². The van der Waals surface area contributed by atoms with E-state index in [1.807, 2.05) is 0 Å². The van der Waals surface area contributed by atoms with Crippen LogP contribution in [0.4, 0.5) is 10.1 Å². The number of carbonyl (C=O) groups is 1. The largest absolute Gasteiger partial charge is 0.493 e. The van der Waals surface area contributed by atoms with Gasteiger partial charge in [-0.05, 0) is 13.0 Å². The molecule has 0 aromatic heterocycles. The zero-order valence-corrected chi connectivity index (χ0v) is 10.1. The molecule has 0 heterocycles. The van der Waals surface area contributed by atoms with Crippen LogP contribution in [0.2, 0.25) is 0 Å². The summed E-state index contributed by atoms with van der Waals surface area (Å²) in [6.07, 6.45) is 0.0148. The number of aliphatic carboxylic acids is 1. The number of halogens is 1. The normalized spacial score (nSPS) is 13.6. The minimum absolute atomic E-state index is 0.0148. The highest BCUT2D eigenvalue weighted by Gasteiger charge is 2.27. The van der Waals surface area contributed by atoms with Gasteiger partial charge in [0, 0.05) is 18.6 Å². The summed E-state index contributed by atoms with van der Waals surface area (Å²) in [5.74, 6) is -2.12. The first-order chi connectivity index (χ1) is 8.74. The standard InChI is InChI=1S/C11H13FN2O5/c1-11(13,10(15)16)4-5-19-7-2-3-9(14(17)18)8(12)6-7/h2-3,6H,4-5,13H2,1H3,(H,15,16). The quantitative estimate of drug-likeness (QED) is 0.595. The molecule has 1 unspecified atom stereocenters. The summed E-state index contributed by atoms with van der Waals surface area (Å²) < 4.78 is 18.4. The van der Waals surface area contributed by atoms with Crippen molar-refractivity contribution in [2.24, 2.45) is 5.73 Å². The molecular formula is C11H13FN2O5. The number of nitrogens with two attached hydrogens (primary N) is 1. The first-order valence-corrected chi connectivity index (χ1v) is 5.33. The third-order valence-electron chi connectivity index (χ3n) is 2.49. The Kier molecular flexibility index (Phi) is 4.38. The highest BCUT2D eigenvalue weighted by Crippen LogP contribution is 2.22. The first-order valence-electron chi connectivity index (χ1n) is 5.33. The Balaban J connectivity index is 2.63. The van der Waals surface area contributed by atoms with Gasteiger partial charge in [-0.1, -0.05) is 0 Å². The number of hydrogen-bond donors (Lipinski definition) is 2. The van der Waals surface area contributed by atoms with Crippen LogP contribution in [0.15, 0.2) is 18.2 Å². The number of nitro groups is 1. The lowest BCUT2D eigenvalue weighted by Crippen LogP contribution is -2.45. The van der Waals surface area contributed by atoms with Crippen LogP contribution < -0.4 is 10.5 Å². The molecule has 7 nitrogen and oxygen atoms in total. The minimum atomic E-state index is -1.45. The second-order valence-corrected chi connectivity index (χ2v) is 4.19. The van der Waals surface area contributed by atoms with Crippen molar-refractivity contribution < 1.29 is 24.0 Å². The van der Waals surface area contributed by atoms with Crippen LogP contribution in [-0.2, 0) is 4.79 Å². The fourth-order valence-corrected chi connectivity index (χ4v) is 1.21. The predicted octanol–water partition coefficient (Wildman–Crippen LogP) is 1.30. The van der Waals surface area contributed by atoms with Gasteiger partial charge in [0.15, 0.2) is 0 Å². The van der Waals surface area contributed by atoms with Crippen molar-refractivity contribution in [3.8, 4) is 5.75 Å². The highest BCUT2D eigenvalue weighted by atomic mass is 19.1. The van der Waals surface area contributed by atoms with Crippen LogP contribution in [0, 0.1) is 15.9 Å². The molecule has 1 rings (SSSR count). The van der Waals surface area contributed by atoms with Crippen LogP contribution in [0.25, 0.3) is 0 Å². The number of hydrogen-bond acceptors (Lipinski definition) is 5. The second-order valence-electron chi connectivity index (χ2n) is 4.19. The summed E-state index contributed by atoms with van der Waals surface area (Å²) >= 11 is 0. The van der Waals surface area contributed by atoms with Crippen molar-refractivity contribution >= 4 is 11.7 Å². The molecule has 1 aromatic rings. The van der Waals surface area contributed by atoms with Crippen molar-refractivity contribution in [3.63, 3.8) is 0 Å². The van der Waals surface area contributed by atoms with Crippen LogP contribution >= 0.6 is 0 Å². The Hall–Kier alpha value is -2.22. The number of carboxylic acids is 1. The van der Waals surface area contributed by atoms with Gasteiger partial charge in [-0.15, -0.1) is 0 Å². The summed E-state index contributed by atoms with van der Waals surface area (Å²) in [7, 11) is 0. The average Bonchev–Trinajstić information content (AvgIpc) is 2.28. The van der Waals surface area contributed by atoms with E-state index in [2.05, 4.69) is 0 Å². The highest BCUT2D eigenvalue weighted by molar-refractivity contribution is 5.77. The summed E-state index contributed by atoms with van der Waals surface area (Å²) in [6.45, 7) is 1.28. The van der Waals surface area contributed by atoms with E-state index in [0.29, 0.717) is 0 Å². The number of ether oxygens (including phenoxy) is 1. The fraction of sp³-hybridized carbons (Fsp3) is 0.364. The van der Waals surface area contributed by atoms with Crippen molar-refractivity contribution in [3.05, 3.63) is 34.1 Å². The van der Waals surface area contributed by atoms with Crippen LogP contribution in [0.3, 0.4) is 0 Å². The molecule has 8 heteroatoms. The maximum atomic E-state index is 13.2. The summed E-state index contributed by atoms with van der Waals surface area (Å²) in [5.41, 5.74) is 3.38. The van der Waals surface area contributed by atoms with E-state index in [1.165, 1.54) is 13.0 Å². The molecule has 0 bridgehead atoms. The lowest BCUT2D eigenvalue weighted by atomic mass is 10.0. The third-order valence-corrected chi connectivity index (χ3v) is 2.49. The van der Waals surface area contributed by atoms with E-state index < -0.39 is 27.9 Å². The number of rotatable bonds is 6. The fourth-order valence-electron chi connectivity index (χ4n) is 1.21. The van der Waals surface area contributed by atoms with Crippen LogP contribution in [0.1, 0.15) is 13.3 Å². The van der Waals surface area contributed by atoms with E-state index in [-0.39, 0.29) is 18.8 Å². The molecule has 104 valence electrons. The van der Waals surface area contributed by atoms with Gasteiger partial charge in [-0.25, -0.2) is 0 Å². The summed E-state index contributed by atoms with van der Waals surface area (Å²) in [5, 5.41) is 19.2. The van der Waals surface area contributed by atoms with Crippen molar-refractivity contribution in [2.75, 3.05) is 6.61 Å².